The van der Waals surface area contributed by atoms with Gasteiger partial charge in [-0.05, 0) is 66.9 Å². The lowest BCUT2D eigenvalue weighted by atomic mass is 10.1. The predicted molar refractivity (Wildman–Crippen MR) is 107 cm³/mol. The van der Waals surface area contributed by atoms with Crippen molar-refractivity contribution in [3.8, 4) is 17.1 Å². The average molecular weight is 414 g/mol. The van der Waals surface area contributed by atoms with Crippen LogP contribution in [-0.4, -0.2) is 15.9 Å². The number of carbonyl (C=O) groups is 1. The number of alkyl halides is 3. The van der Waals surface area contributed by atoms with E-state index in [1.165, 1.54) is 6.42 Å². The summed E-state index contributed by atoms with van der Waals surface area (Å²) >= 11 is 0. The molecule has 0 radical (unpaired) electrons. The summed E-state index contributed by atoms with van der Waals surface area (Å²) in [7, 11) is 0. The number of esters is 1. The Morgan fingerprint density at radius 3 is 2.13 bits per heavy atom. The van der Waals surface area contributed by atoms with E-state index in [-0.39, 0.29) is 11.3 Å². The summed E-state index contributed by atoms with van der Waals surface area (Å²) in [5.41, 5.74) is 1.08. The van der Waals surface area contributed by atoms with Gasteiger partial charge in [-0.3, -0.25) is 0 Å². The normalized spacial score (nSPS) is 11.3. The molecule has 0 fully saturated rings. The van der Waals surface area contributed by atoms with E-state index in [2.05, 4.69) is 16.9 Å². The zero-order chi connectivity index (χ0) is 21.6. The number of rotatable bonds is 7. The van der Waals surface area contributed by atoms with Crippen LogP contribution in [0.4, 0.5) is 13.2 Å². The SMILES string of the molecule is CCCCCc1cnc(-c2ccc(OC(=O)c3ccc(C(F)(F)F)cc3)cc2)nc1. The van der Waals surface area contributed by atoms with Gasteiger partial charge in [-0.25, -0.2) is 14.8 Å². The molecule has 2 aromatic carbocycles. The summed E-state index contributed by atoms with van der Waals surface area (Å²) in [5.74, 6) is 0.110. The predicted octanol–water partition coefficient (Wildman–Crippen LogP) is 6.11. The quantitative estimate of drug-likeness (QED) is 0.266. The molecule has 1 aromatic heterocycles. The molecule has 0 aliphatic rings. The number of halogens is 3. The third-order valence-electron chi connectivity index (χ3n) is 4.55. The first-order valence-electron chi connectivity index (χ1n) is 9.67. The van der Waals surface area contributed by atoms with Gasteiger partial charge in [0.15, 0.2) is 5.82 Å². The zero-order valence-electron chi connectivity index (χ0n) is 16.4. The Morgan fingerprint density at radius 1 is 0.933 bits per heavy atom. The molecule has 0 N–H and O–H groups in total. The van der Waals surface area contributed by atoms with Crippen LogP contribution in [0.2, 0.25) is 0 Å². The molecule has 0 bridgehead atoms. The van der Waals surface area contributed by atoms with Crippen molar-refractivity contribution >= 4 is 5.97 Å². The van der Waals surface area contributed by atoms with Crippen molar-refractivity contribution in [2.75, 3.05) is 0 Å². The van der Waals surface area contributed by atoms with E-state index < -0.39 is 17.7 Å². The third-order valence-corrected chi connectivity index (χ3v) is 4.55. The van der Waals surface area contributed by atoms with E-state index in [9.17, 15) is 18.0 Å². The van der Waals surface area contributed by atoms with Crippen molar-refractivity contribution in [2.45, 2.75) is 38.8 Å². The summed E-state index contributed by atoms with van der Waals surface area (Å²) in [6.07, 6.45) is 3.58. The molecule has 0 aliphatic heterocycles. The topological polar surface area (TPSA) is 52.1 Å². The molecule has 156 valence electrons. The van der Waals surface area contributed by atoms with Gasteiger partial charge in [0.1, 0.15) is 5.75 Å². The molecule has 3 aromatic rings. The fourth-order valence-corrected chi connectivity index (χ4v) is 2.85. The van der Waals surface area contributed by atoms with Crippen molar-refractivity contribution in [3.05, 3.63) is 77.6 Å². The molecule has 4 nitrogen and oxygen atoms in total. The number of hydrogen-bond acceptors (Lipinski definition) is 4. The minimum absolute atomic E-state index is 0.0362. The van der Waals surface area contributed by atoms with Crippen LogP contribution in [0, 0.1) is 0 Å². The van der Waals surface area contributed by atoms with Crippen LogP contribution >= 0.6 is 0 Å². The first kappa shape index (κ1) is 21.5. The van der Waals surface area contributed by atoms with E-state index in [1.54, 1.807) is 24.3 Å². The minimum atomic E-state index is -4.45. The Kier molecular flexibility index (Phi) is 6.82. The number of hydrogen-bond donors (Lipinski definition) is 0. The lowest BCUT2D eigenvalue weighted by Gasteiger charge is -2.08. The van der Waals surface area contributed by atoms with E-state index in [1.807, 2.05) is 12.4 Å². The van der Waals surface area contributed by atoms with E-state index in [4.69, 9.17) is 4.74 Å². The number of carbonyl (C=O) groups excluding carboxylic acids is 1. The Bertz CT molecular complexity index is 967. The van der Waals surface area contributed by atoms with Crippen molar-refractivity contribution < 1.29 is 22.7 Å². The highest BCUT2D eigenvalue weighted by molar-refractivity contribution is 5.91. The highest BCUT2D eigenvalue weighted by atomic mass is 19.4. The molecule has 0 atom stereocenters. The monoisotopic (exact) mass is 414 g/mol. The average Bonchev–Trinajstić information content (AvgIpc) is 2.74. The maximum absolute atomic E-state index is 12.6. The number of nitrogens with zero attached hydrogens (tertiary/aromatic N) is 2. The van der Waals surface area contributed by atoms with Gasteiger partial charge in [-0.1, -0.05) is 19.8 Å². The number of ether oxygens (including phenoxy) is 1. The standard InChI is InChI=1S/C23H21F3N2O2/c1-2-3-4-5-16-14-27-21(28-15-16)17-8-12-20(13-9-17)30-22(29)18-6-10-19(11-7-18)23(24,25)26/h6-15H,2-5H2,1H3. The largest absolute Gasteiger partial charge is 0.423 e. The molecular formula is C23H21F3N2O2. The Morgan fingerprint density at radius 2 is 1.57 bits per heavy atom. The highest BCUT2D eigenvalue weighted by Crippen LogP contribution is 2.29. The van der Waals surface area contributed by atoms with Crippen LogP contribution in [-0.2, 0) is 12.6 Å². The molecule has 1 heterocycles. The summed E-state index contributed by atoms with van der Waals surface area (Å²) in [6.45, 7) is 2.16. The minimum Gasteiger partial charge on any atom is -0.423 e. The van der Waals surface area contributed by atoms with Gasteiger partial charge in [-0.15, -0.1) is 0 Å². The molecule has 0 saturated heterocycles. The van der Waals surface area contributed by atoms with Crippen LogP contribution in [0.15, 0.2) is 60.9 Å². The van der Waals surface area contributed by atoms with Crippen molar-refractivity contribution in [1.29, 1.82) is 0 Å². The van der Waals surface area contributed by atoms with Crippen molar-refractivity contribution in [2.24, 2.45) is 0 Å². The number of aromatic nitrogens is 2. The smallest absolute Gasteiger partial charge is 0.416 e. The van der Waals surface area contributed by atoms with Crippen LogP contribution < -0.4 is 4.74 Å². The van der Waals surface area contributed by atoms with Gasteiger partial charge in [0.2, 0.25) is 0 Å². The number of unbranched alkanes of at least 4 members (excludes halogenated alkanes) is 2. The van der Waals surface area contributed by atoms with Crippen molar-refractivity contribution in [1.82, 2.24) is 9.97 Å². The fourth-order valence-electron chi connectivity index (χ4n) is 2.85. The fraction of sp³-hybridized carbons (Fsp3) is 0.261. The van der Waals surface area contributed by atoms with Crippen LogP contribution in [0.25, 0.3) is 11.4 Å². The molecule has 7 heteroatoms. The van der Waals surface area contributed by atoms with Crippen LogP contribution in [0.5, 0.6) is 5.75 Å². The number of aryl methyl sites for hydroxylation is 1. The van der Waals surface area contributed by atoms with Crippen molar-refractivity contribution in [3.63, 3.8) is 0 Å². The summed E-state index contributed by atoms with van der Waals surface area (Å²) in [5, 5.41) is 0. The van der Waals surface area contributed by atoms with Gasteiger partial charge in [-0.2, -0.15) is 13.2 Å². The molecule has 30 heavy (non-hydrogen) atoms. The van der Waals surface area contributed by atoms with Gasteiger partial charge in [0.05, 0.1) is 11.1 Å². The second-order valence-corrected chi connectivity index (χ2v) is 6.86. The second kappa shape index (κ2) is 9.52. The molecule has 0 saturated carbocycles. The Hall–Kier alpha value is -3.22. The lowest BCUT2D eigenvalue weighted by Crippen LogP contribution is -2.10. The maximum Gasteiger partial charge on any atom is 0.416 e. The second-order valence-electron chi connectivity index (χ2n) is 6.86. The Labute approximate surface area is 172 Å². The molecule has 0 spiro atoms. The summed E-state index contributed by atoms with van der Waals surface area (Å²) in [4.78, 5) is 20.9. The van der Waals surface area contributed by atoms with E-state index in [0.29, 0.717) is 5.82 Å². The Balaban J connectivity index is 1.62. The molecule has 0 aliphatic carbocycles. The van der Waals surface area contributed by atoms with E-state index >= 15 is 0 Å². The van der Waals surface area contributed by atoms with Gasteiger partial charge >= 0.3 is 12.1 Å². The van der Waals surface area contributed by atoms with Crippen LogP contribution in [0.1, 0.15) is 47.7 Å². The third kappa shape index (κ3) is 5.65. The summed E-state index contributed by atoms with van der Waals surface area (Å²) in [6, 6.07) is 10.5. The molecular weight excluding hydrogens is 393 g/mol. The number of benzene rings is 2. The highest BCUT2D eigenvalue weighted by Gasteiger charge is 2.30. The molecule has 0 unspecified atom stereocenters. The zero-order valence-corrected chi connectivity index (χ0v) is 16.4. The molecule has 3 rings (SSSR count). The first-order valence-corrected chi connectivity index (χ1v) is 9.67. The van der Waals surface area contributed by atoms with Crippen LogP contribution in [0.3, 0.4) is 0 Å². The maximum atomic E-state index is 12.6. The van der Waals surface area contributed by atoms with E-state index in [0.717, 1.165) is 54.7 Å². The summed E-state index contributed by atoms with van der Waals surface area (Å²) < 4.78 is 43.1. The first-order chi connectivity index (χ1) is 14.4. The van der Waals surface area contributed by atoms with Gasteiger partial charge < -0.3 is 4.74 Å². The molecule has 0 amide bonds. The lowest BCUT2D eigenvalue weighted by molar-refractivity contribution is -0.137. The van der Waals surface area contributed by atoms with Gasteiger partial charge in [0.25, 0.3) is 0 Å². The van der Waals surface area contributed by atoms with Gasteiger partial charge in [0, 0.05) is 18.0 Å².